The van der Waals surface area contributed by atoms with Crippen molar-refractivity contribution in [1.29, 1.82) is 0 Å². The van der Waals surface area contributed by atoms with Crippen molar-refractivity contribution in [3.8, 4) is 11.6 Å². The average molecular weight is 308 g/mol. The number of hydrogen-bond donors (Lipinski definition) is 0. The van der Waals surface area contributed by atoms with E-state index in [2.05, 4.69) is 45.5 Å². The molecule has 1 aromatic carbocycles. The molecule has 2 heterocycles. The molecule has 0 bridgehead atoms. The summed E-state index contributed by atoms with van der Waals surface area (Å²) in [6.07, 6.45) is 8.18. The number of benzene rings is 1. The van der Waals surface area contributed by atoms with Gasteiger partial charge in [-0.1, -0.05) is 35.5 Å². The summed E-state index contributed by atoms with van der Waals surface area (Å²) in [5, 5.41) is 4.10. The molecule has 1 saturated carbocycles. The minimum atomic E-state index is 0.372. The van der Waals surface area contributed by atoms with Gasteiger partial charge in [-0.2, -0.15) is 4.98 Å². The van der Waals surface area contributed by atoms with E-state index in [9.17, 15) is 0 Å². The molecule has 23 heavy (non-hydrogen) atoms. The number of hydrogen-bond acceptors (Lipinski definition) is 4. The van der Waals surface area contributed by atoms with Crippen LogP contribution in [-0.4, -0.2) is 19.7 Å². The van der Waals surface area contributed by atoms with Crippen LogP contribution < -0.4 is 0 Å². The summed E-state index contributed by atoms with van der Waals surface area (Å²) >= 11 is 0. The zero-order valence-electron chi connectivity index (χ0n) is 13.2. The molecule has 0 aliphatic heterocycles. The molecular weight excluding hydrogens is 288 g/mol. The van der Waals surface area contributed by atoms with Gasteiger partial charge in [0.05, 0.1) is 0 Å². The van der Waals surface area contributed by atoms with Crippen molar-refractivity contribution in [1.82, 2.24) is 19.7 Å². The second kappa shape index (κ2) is 5.99. The standard InChI is InChI=1S/C18H20N4O/c1-22-12-11-19-17(22)16-20-18(23-21-16)15-9-7-14(8-10-15)13-5-3-2-4-6-13/h2-6,11-12,14-15H,7-10H2,1H3. The Morgan fingerprint density at radius 3 is 2.48 bits per heavy atom. The van der Waals surface area contributed by atoms with E-state index in [1.54, 1.807) is 6.20 Å². The summed E-state index contributed by atoms with van der Waals surface area (Å²) in [6, 6.07) is 10.8. The molecule has 0 saturated heterocycles. The number of nitrogens with zero attached hydrogens (tertiary/aromatic N) is 4. The number of aromatic nitrogens is 4. The van der Waals surface area contributed by atoms with Gasteiger partial charge in [0.15, 0.2) is 5.82 Å². The monoisotopic (exact) mass is 308 g/mol. The highest BCUT2D eigenvalue weighted by molar-refractivity contribution is 5.42. The summed E-state index contributed by atoms with van der Waals surface area (Å²) < 4.78 is 7.41. The van der Waals surface area contributed by atoms with E-state index < -0.39 is 0 Å². The molecule has 0 amide bonds. The first-order valence-electron chi connectivity index (χ1n) is 8.17. The van der Waals surface area contributed by atoms with Crippen LogP contribution in [0, 0.1) is 0 Å². The van der Waals surface area contributed by atoms with E-state index in [1.807, 2.05) is 17.8 Å². The summed E-state index contributed by atoms with van der Waals surface area (Å²) in [6.45, 7) is 0. The highest BCUT2D eigenvalue weighted by Gasteiger charge is 2.27. The van der Waals surface area contributed by atoms with E-state index in [-0.39, 0.29) is 0 Å². The van der Waals surface area contributed by atoms with Crippen LogP contribution in [0.2, 0.25) is 0 Å². The van der Waals surface area contributed by atoms with Crippen molar-refractivity contribution >= 4 is 0 Å². The van der Waals surface area contributed by atoms with Crippen molar-refractivity contribution < 1.29 is 4.52 Å². The van der Waals surface area contributed by atoms with Gasteiger partial charge in [-0.3, -0.25) is 0 Å². The lowest BCUT2D eigenvalue weighted by atomic mass is 9.79. The van der Waals surface area contributed by atoms with E-state index in [1.165, 1.54) is 18.4 Å². The van der Waals surface area contributed by atoms with Crippen molar-refractivity contribution in [2.24, 2.45) is 7.05 Å². The maximum atomic E-state index is 5.51. The van der Waals surface area contributed by atoms with Crippen LogP contribution in [0.1, 0.15) is 49.0 Å². The van der Waals surface area contributed by atoms with Gasteiger partial charge >= 0.3 is 0 Å². The number of aryl methyl sites for hydroxylation is 1. The topological polar surface area (TPSA) is 56.7 Å². The van der Waals surface area contributed by atoms with Crippen LogP contribution in [0.4, 0.5) is 0 Å². The average Bonchev–Trinajstić information content (AvgIpc) is 3.24. The number of rotatable bonds is 3. The molecule has 0 N–H and O–H groups in total. The molecule has 2 aromatic heterocycles. The second-order valence-electron chi connectivity index (χ2n) is 6.28. The molecular formula is C18H20N4O. The zero-order valence-corrected chi connectivity index (χ0v) is 13.2. The Hall–Kier alpha value is -2.43. The molecule has 1 aliphatic carbocycles. The predicted octanol–water partition coefficient (Wildman–Crippen LogP) is 3.91. The molecule has 5 nitrogen and oxygen atoms in total. The van der Waals surface area contributed by atoms with Crippen LogP contribution >= 0.6 is 0 Å². The Bertz CT molecular complexity index is 769. The van der Waals surface area contributed by atoms with Gasteiger partial charge in [0.2, 0.25) is 11.7 Å². The fourth-order valence-electron chi connectivity index (χ4n) is 3.47. The first-order chi connectivity index (χ1) is 11.3. The van der Waals surface area contributed by atoms with Crippen LogP contribution in [0.25, 0.3) is 11.6 Å². The Labute approximate surface area is 135 Å². The summed E-state index contributed by atoms with van der Waals surface area (Å²) in [5.41, 5.74) is 1.45. The zero-order chi connectivity index (χ0) is 15.6. The largest absolute Gasteiger partial charge is 0.339 e. The lowest BCUT2D eigenvalue weighted by Gasteiger charge is -2.26. The smallest absolute Gasteiger partial charge is 0.238 e. The Morgan fingerprint density at radius 2 is 1.78 bits per heavy atom. The SMILES string of the molecule is Cn1ccnc1-c1noc(C2CCC(c3ccccc3)CC2)n1. The number of imidazole rings is 1. The minimum absolute atomic E-state index is 0.372. The fourth-order valence-corrected chi connectivity index (χ4v) is 3.47. The minimum Gasteiger partial charge on any atom is -0.339 e. The third-order valence-electron chi connectivity index (χ3n) is 4.81. The van der Waals surface area contributed by atoms with Gasteiger partial charge in [0, 0.05) is 25.4 Å². The maximum Gasteiger partial charge on any atom is 0.238 e. The first kappa shape index (κ1) is 14.2. The van der Waals surface area contributed by atoms with E-state index in [0.29, 0.717) is 17.7 Å². The molecule has 0 unspecified atom stereocenters. The van der Waals surface area contributed by atoms with Gasteiger partial charge in [0.25, 0.3) is 0 Å². The van der Waals surface area contributed by atoms with E-state index in [4.69, 9.17) is 4.52 Å². The molecule has 5 heteroatoms. The Balaban J connectivity index is 1.45. The first-order valence-corrected chi connectivity index (χ1v) is 8.17. The van der Waals surface area contributed by atoms with Crippen molar-refractivity contribution in [3.63, 3.8) is 0 Å². The highest BCUT2D eigenvalue weighted by atomic mass is 16.5. The highest BCUT2D eigenvalue weighted by Crippen LogP contribution is 2.40. The lowest BCUT2D eigenvalue weighted by molar-refractivity contribution is 0.301. The van der Waals surface area contributed by atoms with Crippen LogP contribution in [0.15, 0.2) is 47.2 Å². The lowest BCUT2D eigenvalue weighted by Crippen LogP contribution is -2.12. The fraction of sp³-hybridized carbons (Fsp3) is 0.389. The van der Waals surface area contributed by atoms with Crippen LogP contribution in [-0.2, 0) is 7.05 Å². The Morgan fingerprint density at radius 1 is 1.04 bits per heavy atom. The summed E-state index contributed by atoms with van der Waals surface area (Å²) in [7, 11) is 1.93. The Kier molecular flexibility index (Phi) is 3.69. The molecule has 0 spiro atoms. The molecule has 1 aliphatic rings. The van der Waals surface area contributed by atoms with Gasteiger partial charge in [-0.25, -0.2) is 4.98 Å². The second-order valence-corrected chi connectivity index (χ2v) is 6.28. The molecule has 4 rings (SSSR count). The van der Waals surface area contributed by atoms with Gasteiger partial charge < -0.3 is 9.09 Å². The van der Waals surface area contributed by atoms with Crippen molar-refractivity contribution in [2.75, 3.05) is 0 Å². The predicted molar refractivity (Wildman–Crippen MR) is 86.9 cm³/mol. The van der Waals surface area contributed by atoms with Gasteiger partial charge in [-0.15, -0.1) is 0 Å². The summed E-state index contributed by atoms with van der Waals surface area (Å²) in [5.74, 6) is 3.12. The van der Waals surface area contributed by atoms with E-state index in [0.717, 1.165) is 24.6 Å². The van der Waals surface area contributed by atoms with Crippen LogP contribution in [0.3, 0.4) is 0 Å². The molecule has 0 radical (unpaired) electrons. The van der Waals surface area contributed by atoms with Gasteiger partial charge in [-0.05, 0) is 37.2 Å². The molecule has 118 valence electrons. The maximum absolute atomic E-state index is 5.51. The van der Waals surface area contributed by atoms with E-state index >= 15 is 0 Å². The normalized spacial score (nSPS) is 21.4. The quantitative estimate of drug-likeness (QED) is 0.736. The summed E-state index contributed by atoms with van der Waals surface area (Å²) in [4.78, 5) is 8.85. The molecule has 1 fully saturated rings. The third kappa shape index (κ3) is 2.79. The van der Waals surface area contributed by atoms with Crippen LogP contribution in [0.5, 0.6) is 0 Å². The van der Waals surface area contributed by atoms with Gasteiger partial charge in [0.1, 0.15) is 0 Å². The van der Waals surface area contributed by atoms with Crippen molar-refractivity contribution in [3.05, 3.63) is 54.2 Å². The molecule has 0 atom stereocenters. The van der Waals surface area contributed by atoms with Crippen molar-refractivity contribution in [2.45, 2.75) is 37.5 Å². The molecule has 3 aromatic rings. The third-order valence-corrected chi connectivity index (χ3v) is 4.81.